The van der Waals surface area contributed by atoms with E-state index >= 15 is 0 Å². The van der Waals surface area contributed by atoms with Crippen LogP contribution in [-0.4, -0.2) is 30.1 Å². The summed E-state index contributed by atoms with van der Waals surface area (Å²) < 4.78 is 43.2. The molecule has 20 heavy (non-hydrogen) atoms. The fraction of sp³-hybridized carbons (Fsp3) is 0.308. The molecule has 0 saturated carbocycles. The molecule has 0 aliphatic carbocycles. The van der Waals surface area contributed by atoms with Crippen LogP contribution in [0.5, 0.6) is 5.75 Å². The number of carbonyl (C=O) groups excluding carboxylic acids is 1. The Labute approximate surface area is 113 Å². The Balaban J connectivity index is 2.09. The van der Waals surface area contributed by atoms with E-state index in [1.807, 2.05) is 15.9 Å². The average Bonchev–Trinajstić information content (AvgIpc) is 2.81. The second kappa shape index (κ2) is 5.44. The van der Waals surface area contributed by atoms with Crippen molar-refractivity contribution in [3.05, 3.63) is 36.2 Å². The number of nitrogens with zero attached hydrogens (tertiary/aromatic N) is 1. The molecule has 2 heterocycles. The molecule has 108 valence electrons. The summed E-state index contributed by atoms with van der Waals surface area (Å²) in [6.45, 7) is -0.0872. The molecule has 0 aliphatic rings. The first-order chi connectivity index (χ1) is 9.43. The van der Waals surface area contributed by atoms with Crippen molar-refractivity contribution in [2.24, 2.45) is 0 Å². The number of fused-ring (bicyclic) bond motifs is 1. The number of hydrogen-bond donors (Lipinski definition) is 1. The molecule has 2 aromatic heterocycles. The lowest BCUT2D eigenvalue weighted by Crippen LogP contribution is -2.37. The molecule has 0 saturated heterocycles. The van der Waals surface area contributed by atoms with E-state index in [9.17, 15) is 18.0 Å². The molecule has 0 spiro atoms. The minimum Gasteiger partial charge on any atom is -0.495 e. The Bertz CT molecular complexity index is 620. The number of rotatable bonds is 4. The SMILES string of the molecule is COc1cccn2ccc(CCNC(=O)C(F)(F)F)c12. The fourth-order valence-corrected chi connectivity index (χ4v) is 1.98. The van der Waals surface area contributed by atoms with Crippen molar-refractivity contribution in [1.82, 2.24) is 9.72 Å². The quantitative estimate of drug-likeness (QED) is 0.936. The summed E-state index contributed by atoms with van der Waals surface area (Å²) in [6, 6.07) is 5.37. The van der Waals surface area contributed by atoms with Gasteiger partial charge in [-0.25, -0.2) is 0 Å². The molecule has 0 unspecified atom stereocenters. The predicted octanol–water partition coefficient (Wildman–Crippen LogP) is 2.17. The largest absolute Gasteiger partial charge is 0.495 e. The first kappa shape index (κ1) is 14.2. The highest BCUT2D eigenvalue weighted by molar-refractivity contribution is 5.81. The van der Waals surface area contributed by atoms with Crippen LogP contribution >= 0.6 is 0 Å². The van der Waals surface area contributed by atoms with E-state index in [0.29, 0.717) is 12.2 Å². The zero-order valence-electron chi connectivity index (χ0n) is 10.7. The van der Waals surface area contributed by atoms with Crippen molar-refractivity contribution < 1.29 is 22.7 Å². The molecule has 1 amide bonds. The van der Waals surface area contributed by atoms with Crippen molar-refractivity contribution in [2.75, 3.05) is 13.7 Å². The van der Waals surface area contributed by atoms with Crippen LogP contribution in [0.3, 0.4) is 0 Å². The van der Waals surface area contributed by atoms with Gasteiger partial charge in [0.25, 0.3) is 0 Å². The van der Waals surface area contributed by atoms with Crippen LogP contribution < -0.4 is 10.1 Å². The molecule has 2 rings (SSSR count). The lowest BCUT2D eigenvalue weighted by atomic mass is 10.2. The van der Waals surface area contributed by atoms with E-state index in [0.717, 1.165) is 11.1 Å². The van der Waals surface area contributed by atoms with Crippen LogP contribution in [0.2, 0.25) is 0 Å². The molecule has 2 aromatic rings. The minimum absolute atomic E-state index is 0.0872. The van der Waals surface area contributed by atoms with Gasteiger partial charge in [-0.2, -0.15) is 13.2 Å². The topological polar surface area (TPSA) is 42.7 Å². The van der Waals surface area contributed by atoms with Crippen LogP contribution in [0.15, 0.2) is 30.6 Å². The van der Waals surface area contributed by atoms with Crippen molar-refractivity contribution in [3.63, 3.8) is 0 Å². The summed E-state index contributed by atoms with van der Waals surface area (Å²) in [4.78, 5) is 10.7. The number of halogens is 3. The van der Waals surface area contributed by atoms with Gasteiger partial charge in [0, 0.05) is 18.9 Å². The van der Waals surface area contributed by atoms with Crippen LogP contribution in [-0.2, 0) is 11.2 Å². The molecule has 0 bridgehead atoms. The summed E-state index contributed by atoms with van der Waals surface area (Å²) in [5, 5.41) is 1.85. The standard InChI is InChI=1S/C13H13F3N2O2/c1-20-10-3-2-7-18-8-5-9(11(10)18)4-6-17-12(19)13(14,15)16/h2-3,5,7-8H,4,6H2,1H3,(H,17,19). The van der Waals surface area contributed by atoms with Crippen LogP contribution in [0.1, 0.15) is 5.56 Å². The van der Waals surface area contributed by atoms with E-state index in [1.165, 1.54) is 7.11 Å². The summed E-state index contributed by atoms with van der Waals surface area (Å²) in [7, 11) is 1.53. The molecule has 0 fully saturated rings. The maximum absolute atomic E-state index is 12.1. The Morgan fingerprint density at radius 1 is 1.35 bits per heavy atom. The highest BCUT2D eigenvalue weighted by Gasteiger charge is 2.38. The van der Waals surface area contributed by atoms with E-state index in [4.69, 9.17) is 4.74 Å². The molecule has 7 heteroatoms. The summed E-state index contributed by atoms with van der Waals surface area (Å²) >= 11 is 0. The van der Waals surface area contributed by atoms with Gasteiger partial charge in [-0.05, 0) is 30.2 Å². The third kappa shape index (κ3) is 2.87. The summed E-state index contributed by atoms with van der Waals surface area (Å²) in [5.74, 6) is -1.29. The number of alkyl halides is 3. The van der Waals surface area contributed by atoms with Gasteiger partial charge in [-0.15, -0.1) is 0 Å². The lowest BCUT2D eigenvalue weighted by Gasteiger charge is -2.08. The first-order valence-electron chi connectivity index (χ1n) is 5.91. The molecule has 0 aromatic carbocycles. The van der Waals surface area contributed by atoms with Gasteiger partial charge < -0.3 is 14.5 Å². The predicted molar refractivity (Wildman–Crippen MR) is 66.7 cm³/mol. The number of carbonyl (C=O) groups is 1. The van der Waals surface area contributed by atoms with Crippen molar-refractivity contribution >= 4 is 11.4 Å². The number of aromatic nitrogens is 1. The Hall–Kier alpha value is -2.18. The van der Waals surface area contributed by atoms with Crippen molar-refractivity contribution in [1.29, 1.82) is 0 Å². The van der Waals surface area contributed by atoms with Gasteiger partial charge >= 0.3 is 12.1 Å². The highest BCUT2D eigenvalue weighted by Crippen LogP contribution is 2.24. The number of methoxy groups -OCH3 is 1. The molecule has 0 aliphatic heterocycles. The van der Waals surface area contributed by atoms with Gasteiger partial charge in [0.15, 0.2) is 0 Å². The molecular weight excluding hydrogens is 273 g/mol. The minimum atomic E-state index is -4.85. The average molecular weight is 286 g/mol. The van der Waals surface area contributed by atoms with Crippen LogP contribution in [0, 0.1) is 0 Å². The van der Waals surface area contributed by atoms with E-state index in [-0.39, 0.29) is 6.54 Å². The molecule has 0 atom stereocenters. The smallest absolute Gasteiger partial charge is 0.471 e. The summed E-state index contributed by atoms with van der Waals surface area (Å²) in [5.41, 5.74) is 1.60. The summed E-state index contributed by atoms with van der Waals surface area (Å²) in [6.07, 6.45) is -0.951. The second-order valence-electron chi connectivity index (χ2n) is 4.18. The molecule has 0 radical (unpaired) electrons. The number of hydrogen-bond acceptors (Lipinski definition) is 2. The van der Waals surface area contributed by atoms with Gasteiger partial charge in [-0.3, -0.25) is 4.79 Å². The maximum atomic E-state index is 12.1. The van der Waals surface area contributed by atoms with Crippen molar-refractivity contribution in [3.8, 4) is 5.75 Å². The number of nitrogens with one attached hydrogen (secondary N) is 1. The molecule has 4 nitrogen and oxygen atoms in total. The third-order valence-electron chi connectivity index (χ3n) is 2.88. The monoisotopic (exact) mass is 286 g/mol. The van der Waals surface area contributed by atoms with E-state index in [1.54, 1.807) is 24.4 Å². The Morgan fingerprint density at radius 2 is 2.10 bits per heavy atom. The number of pyridine rings is 1. The van der Waals surface area contributed by atoms with E-state index < -0.39 is 12.1 Å². The first-order valence-corrected chi connectivity index (χ1v) is 5.91. The second-order valence-corrected chi connectivity index (χ2v) is 4.18. The van der Waals surface area contributed by atoms with Gasteiger partial charge in [0.2, 0.25) is 0 Å². The van der Waals surface area contributed by atoms with Crippen LogP contribution in [0.4, 0.5) is 13.2 Å². The van der Waals surface area contributed by atoms with E-state index in [2.05, 4.69) is 0 Å². The fourth-order valence-electron chi connectivity index (χ4n) is 1.98. The lowest BCUT2D eigenvalue weighted by molar-refractivity contribution is -0.173. The molecular formula is C13H13F3N2O2. The number of ether oxygens (including phenoxy) is 1. The normalized spacial score (nSPS) is 11.6. The third-order valence-corrected chi connectivity index (χ3v) is 2.88. The zero-order chi connectivity index (χ0) is 14.8. The Morgan fingerprint density at radius 3 is 2.75 bits per heavy atom. The van der Waals surface area contributed by atoms with Gasteiger partial charge in [-0.1, -0.05) is 0 Å². The van der Waals surface area contributed by atoms with Crippen LogP contribution in [0.25, 0.3) is 5.52 Å². The highest BCUT2D eigenvalue weighted by atomic mass is 19.4. The van der Waals surface area contributed by atoms with Gasteiger partial charge in [0.1, 0.15) is 5.75 Å². The molecule has 1 N–H and O–H groups in total. The number of amides is 1. The van der Waals surface area contributed by atoms with Gasteiger partial charge in [0.05, 0.1) is 12.6 Å². The van der Waals surface area contributed by atoms with Crippen molar-refractivity contribution in [2.45, 2.75) is 12.6 Å². The zero-order valence-corrected chi connectivity index (χ0v) is 10.7. The maximum Gasteiger partial charge on any atom is 0.471 e. The Kier molecular flexibility index (Phi) is 3.87.